The second kappa shape index (κ2) is 9.07. The van der Waals surface area contributed by atoms with Crippen molar-refractivity contribution < 1.29 is 18.4 Å². The van der Waals surface area contributed by atoms with E-state index in [0.29, 0.717) is 18.8 Å². The molecule has 1 fully saturated rings. The highest BCUT2D eigenvalue weighted by Gasteiger charge is 2.28. The Kier molecular flexibility index (Phi) is 6.07. The maximum Gasteiger partial charge on any atom is 0.264 e. The van der Waals surface area contributed by atoms with Crippen molar-refractivity contribution in [2.75, 3.05) is 13.1 Å². The number of likely N-dealkylation sites (tertiary alicyclic amines) is 1. The van der Waals surface area contributed by atoms with Crippen LogP contribution in [0.4, 0.5) is 4.39 Å². The minimum atomic E-state index is -0.438. The van der Waals surface area contributed by atoms with Crippen molar-refractivity contribution >= 4 is 5.91 Å². The lowest BCUT2D eigenvalue weighted by molar-refractivity contribution is -0.131. The molecule has 1 aliphatic rings. The zero-order valence-corrected chi connectivity index (χ0v) is 16.9. The summed E-state index contributed by atoms with van der Waals surface area (Å²) in [6, 6.07) is 14.2. The van der Waals surface area contributed by atoms with Gasteiger partial charge in [0.05, 0.1) is 6.42 Å². The van der Waals surface area contributed by atoms with Crippen LogP contribution in [-0.2, 0) is 17.8 Å². The molecule has 0 N–H and O–H groups in total. The molecule has 1 aliphatic heterocycles. The summed E-state index contributed by atoms with van der Waals surface area (Å²) in [7, 11) is 0. The zero-order chi connectivity index (χ0) is 20.9. The van der Waals surface area contributed by atoms with Crippen LogP contribution in [0.15, 0.2) is 53.1 Å². The summed E-state index contributed by atoms with van der Waals surface area (Å²) in [5, 5.41) is 4.06. The second-order valence-corrected chi connectivity index (χ2v) is 7.61. The normalized spacial score (nSPS) is 16.5. The van der Waals surface area contributed by atoms with E-state index in [-0.39, 0.29) is 30.1 Å². The predicted molar refractivity (Wildman–Crippen MR) is 108 cm³/mol. The van der Waals surface area contributed by atoms with Crippen LogP contribution in [0.5, 0.6) is 5.75 Å². The summed E-state index contributed by atoms with van der Waals surface area (Å²) in [6.45, 7) is 3.33. The summed E-state index contributed by atoms with van der Waals surface area (Å²) in [6.07, 6.45) is 2.17. The Morgan fingerprint density at radius 1 is 1.23 bits per heavy atom. The number of benzene rings is 2. The summed E-state index contributed by atoms with van der Waals surface area (Å²) >= 11 is 0. The quantitative estimate of drug-likeness (QED) is 0.615. The summed E-state index contributed by atoms with van der Waals surface area (Å²) in [4.78, 5) is 19.0. The lowest BCUT2D eigenvalue weighted by Gasteiger charge is -2.31. The second-order valence-electron chi connectivity index (χ2n) is 7.61. The van der Waals surface area contributed by atoms with Gasteiger partial charge in [0, 0.05) is 19.0 Å². The summed E-state index contributed by atoms with van der Waals surface area (Å²) in [5.41, 5.74) is 2.19. The molecule has 1 atom stereocenters. The molecule has 6 nitrogen and oxygen atoms in total. The van der Waals surface area contributed by atoms with Crippen LogP contribution in [0.1, 0.15) is 41.6 Å². The summed E-state index contributed by atoms with van der Waals surface area (Å²) in [5.74, 6) is 0.684. The smallest absolute Gasteiger partial charge is 0.264 e. The van der Waals surface area contributed by atoms with Gasteiger partial charge in [-0.05, 0) is 37.5 Å². The van der Waals surface area contributed by atoms with Gasteiger partial charge in [-0.15, -0.1) is 0 Å². The first-order valence-electron chi connectivity index (χ1n) is 10.1. The van der Waals surface area contributed by atoms with Gasteiger partial charge >= 0.3 is 0 Å². The number of aromatic nitrogens is 2. The van der Waals surface area contributed by atoms with E-state index in [1.807, 2.05) is 36.1 Å². The molecule has 2 heterocycles. The molecule has 1 saturated heterocycles. The number of nitrogens with zero attached hydrogens (tertiary/aromatic N) is 3. The number of ether oxygens (including phenoxy) is 1. The van der Waals surface area contributed by atoms with E-state index in [1.165, 1.54) is 11.6 Å². The molecule has 0 saturated carbocycles. The van der Waals surface area contributed by atoms with E-state index >= 15 is 0 Å². The van der Waals surface area contributed by atoms with Gasteiger partial charge in [-0.3, -0.25) is 4.79 Å². The molecule has 30 heavy (non-hydrogen) atoms. The van der Waals surface area contributed by atoms with E-state index in [1.54, 1.807) is 18.2 Å². The van der Waals surface area contributed by atoms with Crippen LogP contribution in [0, 0.1) is 12.7 Å². The van der Waals surface area contributed by atoms with Gasteiger partial charge in [0.1, 0.15) is 0 Å². The first-order chi connectivity index (χ1) is 14.6. The molecule has 0 bridgehead atoms. The standard InChI is InChI=1S/C23H24FN3O3/c1-16-8-10-17(11-9-16)13-22(28)27-12-4-5-18(14-27)23-25-21(30-26-23)15-29-20-7-3-2-6-19(20)24/h2-3,6-11,18H,4-5,12-15H2,1H3. The number of halogens is 1. The molecule has 0 spiro atoms. The molecule has 1 amide bonds. The average molecular weight is 409 g/mol. The highest BCUT2D eigenvalue weighted by atomic mass is 19.1. The zero-order valence-electron chi connectivity index (χ0n) is 16.9. The molecule has 156 valence electrons. The van der Waals surface area contributed by atoms with Crippen molar-refractivity contribution in [1.82, 2.24) is 15.0 Å². The van der Waals surface area contributed by atoms with Crippen molar-refractivity contribution in [3.63, 3.8) is 0 Å². The SMILES string of the molecule is Cc1ccc(CC(=O)N2CCCC(c3noc(COc4ccccc4F)n3)C2)cc1. The van der Waals surface area contributed by atoms with E-state index in [9.17, 15) is 9.18 Å². The molecular weight excluding hydrogens is 385 g/mol. The first-order valence-corrected chi connectivity index (χ1v) is 10.1. The number of rotatable bonds is 6. The van der Waals surface area contributed by atoms with Crippen LogP contribution in [0.3, 0.4) is 0 Å². The molecule has 1 aromatic heterocycles. The van der Waals surface area contributed by atoms with Crippen LogP contribution in [0.2, 0.25) is 0 Å². The van der Waals surface area contributed by atoms with Crippen LogP contribution in [-0.4, -0.2) is 34.0 Å². The van der Waals surface area contributed by atoms with E-state index < -0.39 is 5.82 Å². The number of hydrogen-bond donors (Lipinski definition) is 0. The van der Waals surface area contributed by atoms with Crippen molar-refractivity contribution in [3.8, 4) is 5.75 Å². The maximum atomic E-state index is 13.7. The van der Waals surface area contributed by atoms with Gasteiger partial charge in [0.15, 0.2) is 24.0 Å². The van der Waals surface area contributed by atoms with Crippen LogP contribution >= 0.6 is 0 Å². The molecule has 0 radical (unpaired) electrons. The third-order valence-corrected chi connectivity index (χ3v) is 5.29. The fourth-order valence-electron chi connectivity index (χ4n) is 3.60. The fraction of sp³-hybridized carbons (Fsp3) is 0.348. The highest BCUT2D eigenvalue weighted by Crippen LogP contribution is 2.26. The van der Waals surface area contributed by atoms with Gasteiger partial charge < -0.3 is 14.2 Å². The van der Waals surface area contributed by atoms with Crippen molar-refractivity contribution in [2.24, 2.45) is 0 Å². The van der Waals surface area contributed by atoms with E-state index in [0.717, 1.165) is 24.9 Å². The maximum absolute atomic E-state index is 13.7. The number of hydrogen-bond acceptors (Lipinski definition) is 5. The molecule has 7 heteroatoms. The number of aryl methyl sites for hydroxylation is 1. The minimum Gasteiger partial charge on any atom is -0.481 e. The Hall–Kier alpha value is -3.22. The monoisotopic (exact) mass is 409 g/mol. The molecule has 1 unspecified atom stereocenters. The van der Waals surface area contributed by atoms with Crippen molar-refractivity contribution in [1.29, 1.82) is 0 Å². The van der Waals surface area contributed by atoms with E-state index in [4.69, 9.17) is 9.26 Å². The van der Waals surface area contributed by atoms with Crippen LogP contribution < -0.4 is 4.74 Å². The largest absolute Gasteiger partial charge is 0.481 e. The van der Waals surface area contributed by atoms with Gasteiger partial charge in [-0.25, -0.2) is 4.39 Å². The Morgan fingerprint density at radius 3 is 2.83 bits per heavy atom. The highest BCUT2D eigenvalue weighted by molar-refractivity contribution is 5.79. The van der Waals surface area contributed by atoms with E-state index in [2.05, 4.69) is 10.1 Å². The average Bonchev–Trinajstić information content (AvgIpc) is 3.24. The van der Waals surface area contributed by atoms with Gasteiger partial charge in [-0.2, -0.15) is 4.98 Å². The Labute approximate surface area is 174 Å². The van der Waals surface area contributed by atoms with Crippen LogP contribution in [0.25, 0.3) is 0 Å². The number of carbonyl (C=O) groups is 1. The lowest BCUT2D eigenvalue weighted by Crippen LogP contribution is -2.40. The lowest BCUT2D eigenvalue weighted by atomic mass is 9.96. The Balaban J connectivity index is 1.34. The van der Waals surface area contributed by atoms with Gasteiger partial charge in [0.25, 0.3) is 5.89 Å². The minimum absolute atomic E-state index is 0.00325. The molecule has 3 aromatic rings. The third kappa shape index (κ3) is 4.84. The topological polar surface area (TPSA) is 68.5 Å². The Morgan fingerprint density at radius 2 is 2.03 bits per heavy atom. The van der Waals surface area contributed by atoms with Crippen molar-refractivity contribution in [3.05, 3.63) is 77.2 Å². The third-order valence-electron chi connectivity index (χ3n) is 5.29. The number of amides is 1. The Bertz CT molecular complexity index is 1000. The van der Waals surface area contributed by atoms with Gasteiger partial charge in [0.2, 0.25) is 5.91 Å². The molecule has 4 rings (SSSR count). The molecule has 0 aliphatic carbocycles. The number of para-hydroxylation sites is 1. The summed E-state index contributed by atoms with van der Waals surface area (Å²) < 4.78 is 24.3. The number of carbonyl (C=O) groups excluding carboxylic acids is 1. The first kappa shape index (κ1) is 20.1. The van der Waals surface area contributed by atoms with Gasteiger partial charge in [-0.1, -0.05) is 47.1 Å². The fourth-order valence-corrected chi connectivity index (χ4v) is 3.60. The predicted octanol–water partition coefficient (Wildman–Crippen LogP) is 4.04. The molecular formula is C23H24FN3O3. The number of piperidine rings is 1. The molecule has 2 aromatic carbocycles. The van der Waals surface area contributed by atoms with Crippen molar-refractivity contribution in [2.45, 2.75) is 38.7 Å².